The molecule has 2 aromatic carbocycles. The lowest BCUT2D eigenvalue weighted by Gasteiger charge is -2.08. The second kappa shape index (κ2) is 7.33. The first-order valence-corrected chi connectivity index (χ1v) is 7.33. The SMILES string of the molecule is O=C(O)c1ccccc1CCNCc1ccc(F)c(Br)c1. The maximum Gasteiger partial charge on any atom is 0.335 e. The molecule has 0 atom stereocenters. The molecule has 2 aromatic rings. The Bertz CT molecular complexity index is 646. The Balaban J connectivity index is 1.87. The summed E-state index contributed by atoms with van der Waals surface area (Å²) in [6.45, 7) is 1.26. The number of carbonyl (C=O) groups is 1. The topological polar surface area (TPSA) is 49.3 Å². The fourth-order valence-electron chi connectivity index (χ4n) is 2.05. The third-order valence-corrected chi connectivity index (χ3v) is 3.74. The molecule has 0 fully saturated rings. The molecule has 0 unspecified atom stereocenters. The van der Waals surface area contributed by atoms with Crippen molar-refractivity contribution in [3.05, 3.63) is 69.4 Å². The molecule has 0 radical (unpaired) electrons. The van der Waals surface area contributed by atoms with Gasteiger partial charge in [0.1, 0.15) is 5.82 Å². The minimum atomic E-state index is -0.909. The molecule has 2 rings (SSSR count). The van der Waals surface area contributed by atoms with Gasteiger partial charge in [-0.25, -0.2) is 9.18 Å². The number of hydrogen-bond donors (Lipinski definition) is 2. The van der Waals surface area contributed by atoms with E-state index < -0.39 is 5.97 Å². The lowest BCUT2D eigenvalue weighted by atomic mass is 10.0. The summed E-state index contributed by atoms with van der Waals surface area (Å²) < 4.78 is 13.5. The zero-order valence-corrected chi connectivity index (χ0v) is 12.9. The summed E-state index contributed by atoms with van der Waals surface area (Å²) in [5.41, 5.74) is 2.11. The maximum absolute atomic E-state index is 13.1. The molecule has 2 N–H and O–H groups in total. The normalized spacial score (nSPS) is 10.6. The first kappa shape index (κ1) is 15.7. The molecule has 0 aromatic heterocycles. The number of nitrogens with one attached hydrogen (secondary N) is 1. The molecule has 0 amide bonds. The van der Waals surface area contributed by atoms with Crippen molar-refractivity contribution in [3.63, 3.8) is 0 Å². The van der Waals surface area contributed by atoms with Crippen LogP contribution in [-0.4, -0.2) is 17.6 Å². The van der Waals surface area contributed by atoms with Crippen LogP contribution in [0.4, 0.5) is 4.39 Å². The van der Waals surface area contributed by atoms with Crippen LogP contribution in [0.5, 0.6) is 0 Å². The highest BCUT2D eigenvalue weighted by Crippen LogP contribution is 2.16. The molecule has 0 saturated heterocycles. The molecule has 5 heteroatoms. The van der Waals surface area contributed by atoms with Gasteiger partial charge in [0.2, 0.25) is 0 Å². The van der Waals surface area contributed by atoms with Crippen molar-refractivity contribution >= 4 is 21.9 Å². The average molecular weight is 352 g/mol. The predicted molar refractivity (Wildman–Crippen MR) is 82.9 cm³/mol. The number of aromatic carboxylic acids is 1. The zero-order chi connectivity index (χ0) is 15.2. The number of halogens is 2. The van der Waals surface area contributed by atoms with Crippen molar-refractivity contribution in [1.29, 1.82) is 0 Å². The van der Waals surface area contributed by atoms with E-state index in [0.29, 0.717) is 29.5 Å². The highest BCUT2D eigenvalue weighted by molar-refractivity contribution is 9.10. The molecule has 0 heterocycles. The van der Waals surface area contributed by atoms with E-state index in [1.54, 1.807) is 24.3 Å². The van der Waals surface area contributed by atoms with Crippen molar-refractivity contribution < 1.29 is 14.3 Å². The van der Waals surface area contributed by atoms with E-state index in [4.69, 9.17) is 5.11 Å². The summed E-state index contributed by atoms with van der Waals surface area (Å²) in [4.78, 5) is 11.1. The summed E-state index contributed by atoms with van der Waals surface area (Å²) >= 11 is 3.15. The number of hydrogen-bond acceptors (Lipinski definition) is 2. The molecule has 0 spiro atoms. The van der Waals surface area contributed by atoms with Gasteiger partial charge in [-0.3, -0.25) is 0 Å². The minimum Gasteiger partial charge on any atom is -0.478 e. The van der Waals surface area contributed by atoms with Crippen LogP contribution in [0.2, 0.25) is 0 Å². The van der Waals surface area contributed by atoms with Crippen LogP contribution in [0.25, 0.3) is 0 Å². The summed E-state index contributed by atoms with van der Waals surface area (Å²) in [7, 11) is 0. The Hall–Kier alpha value is -1.72. The van der Waals surface area contributed by atoms with Crippen molar-refractivity contribution in [3.8, 4) is 0 Å². The zero-order valence-electron chi connectivity index (χ0n) is 11.3. The molecule has 0 bridgehead atoms. The molecule has 3 nitrogen and oxygen atoms in total. The Kier molecular flexibility index (Phi) is 5.47. The molecular formula is C16H15BrFNO2. The van der Waals surface area contributed by atoms with Crippen molar-refractivity contribution in [2.75, 3.05) is 6.54 Å². The van der Waals surface area contributed by atoms with Gasteiger partial charge in [-0.05, 0) is 58.2 Å². The lowest BCUT2D eigenvalue weighted by molar-refractivity contribution is 0.0695. The second-order valence-electron chi connectivity index (χ2n) is 4.64. The van der Waals surface area contributed by atoms with E-state index in [1.807, 2.05) is 12.1 Å². The minimum absolute atomic E-state index is 0.283. The first-order valence-electron chi connectivity index (χ1n) is 6.54. The Morgan fingerprint density at radius 2 is 2.00 bits per heavy atom. The van der Waals surface area contributed by atoms with Crippen LogP contribution in [0.1, 0.15) is 21.5 Å². The van der Waals surface area contributed by atoms with Crippen LogP contribution >= 0.6 is 15.9 Å². The maximum atomic E-state index is 13.1. The second-order valence-corrected chi connectivity index (χ2v) is 5.49. The van der Waals surface area contributed by atoms with Crippen LogP contribution in [-0.2, 0) is 13.0 Å². The Morgan fingerprint density at radius 3 is 2.71 bits per heavy atom. The standard InChI is InChI=1S/C16H15BrFNO2/c17-14-9-11(5-6-15(14)18)10-19-8-7-12-3-1-2-4-13(12)16(20)21/h1-6,9,19H,7-8,10H2,(H,20,21). The van der Waals surface area contributed by atoms with E-state index in [0.717, 1.165) is 11.1 Å². The number of rotatable bonds is 6. The van der Waals surface area contributed by atoms with Crippen molar-refractivity contribution in [2.24, 2.45) is 0 Å². The van der Waals surface area contributed by atoms with E-state index >= 15 is 0 Å². The van der Waals surface area contributed by atoms with Crippen LogP contribution in [0.15, 0.2) is 46.9 Å². The average Bonchev–Trinajstić information content (AvgIpc) is 2.47. The number of carboxylic acid groups (broad SMARTS) is 1. The van der Waals surface area contributed by atoms with Gasteiger partial charge < -0.3 is 10.4 Å². The highest BCUT2D eigenvalue weighted by Gasteiger charge is 2.08. The summed E-state index contributed by atoms with van der Waals surface area (Å²) in [5.74, 6) is -1.19. The summed E-state index contributed by atoms with van der Waals surface area (Å²) in [6.07, 6.45) is 0.630. The molecule has 21 heavy (non-hydrogen) atoms. The van der Waals surface area contributed by atoms with Crippen LogP contribution < -0.4 is 5.32 Å². The molecular weight excluding hydrogens is 337 g/mol. The fraction of sp³-hybridized carbons (Fsp3) is 0.188. The van der Waals surface area contributed by atoms with Gasteiger partial charge in [-0.15, -0.1) is 0 Å². The summed E-state index contributed by atoms with van der Waals surface area (Å²) in [5, 5.41) is 12.3. The molecule has 0 aliphatic heterocycles. The van der Waals surface area contributed by atoms with Crippen molar-refractivity contribution in [2.45, 2.75) is 13.0 Å². The van der Waals surface area contributed by atoms with Gasteiger partial charge in [-0.1, -0.05) is 24.3 Å². The van der Waals surface area contributed by atoms with Gasteiger partial charge in [0, 0.05) is 6.54 Å². The quantitative estimate of drug-likeness (QED) is 0.781. The van der Waals surface area contributed by atoms with Gasteiger partial charge >= 0.3 is 5.97 Å². The van der Waals surface area contributed by atoms with E-state index in [2.05, 4.69) is 21.2 Å². The molecule has 110 valence electrons. The smallest absolute Gasteiger partial charge is 0.335 e. The number of carboxylic acids is 1. The molecule has 0 aliphatic rings. The third kappa shape index (κ3) is 4.37. The van der Waals surface area contributed by atoms with Gasteiger partial charge in [0.05, 0.1) is 10.0 Å². The fourth-order valence-corrected chi connectivity index (χ4v) is 2.48. The molecule has 0 saturated carbocycles. The van der Waals surface area contributed by atoms with E-state index in [-0.39, 0.29) is 5.82 Å². The van der Waals surface area contributed by atoms with Crippen molar-refractivity contribution in [1.82, 2.24) is 5.32 Å². The molecule has 0 aliphatic carbocycles. The Morgan fingerprint density at radius 1 is 1.24 bits per heavy atom. The Labute approximate surface area is 130 Å². The van der Waals surface area contributed by atoms with E-state index in [9.17, 15) is 9.18 Å². The highest BCUT2D eigenvalue weighted by atomic mass is 79.9. The first-order chi connectivity index (χ1) is 10.1. The number of benzene rings is 2. The lowest BCUT2D eigenvalue weighted by Crippen LogP contribution is -2.18. The third-order valence-electron chi connectivity index (χ3n) is 3.13. The predicted octanol–water partition coefficient (Wildman–Crippen LogP) is 3.62. The van der Waals surface area contributed by atoms with Gasteiger partial charge in [0.15, 0.2) is 0 Å². The van der Waals surface area contributed by atoms with Gasteiger partial charge in [-0.2, -0.15) is 0 Å². The monoisotopic (exact) mass is 351 g/mol. The largest absolute Gasteiger partial charge is 0.478 e. The van der Waals surface area contributed by atoms with Gasteiger partial charge in [0.25, 0.3) is 0 Å². The van der Waals surface area contributed by atoms with Crippen LogP contribution in [0, 0.1) is 5.82 Å². The van der Waals surface area contributed by atoms with Crippen LogP contribution in [0.3, 0.4) is 0 Å². The van der Waals surface area contributed by atoms with E-state index in [1.165, 1.54) is 6.07 Å². The summed E-state index contributed by atoms with van der Waals surface area (Å²) in [6, 6.07) is 11.8.